The zero-order valence-electron chi connectivity index (χ0n) is 10.8. The van der Waals surface area contributed by atoms with Crippen LogP contribution in [0.2, 0.25) is 10.0 Å². The summed E-state index contributed by atoms with van der Waals surface area (Å²) >= 11 is 11.8. The Kier molecular flexibility index (Phi) is 3.45. The highest BCUT2D eigenvalue weighted by atomic mass is 35.5. The lowest BCUT2D eigenvalue weighted by atomic mass is 10.2. The molecule has 0 bridgehead atoms. The lowest BCUT2D eigenvalue weighted by Crippen LogP contribution is -2.04. The van der Waals surface area contributed by atoms with E-state index in [1.54, 1.807) is 18.2 Å². The fourth-order valence-electron chi connectivity index (χ4n) is 2.10. The predicted molar refractivity (Wildman–Crippen MR) is 81.0 cm³/mol. The van der Waals surface area contributed by atoms with Crippen molar-refractivity contribution in [2.45, 2.75) is 6.18 Å². The minimum absolute atomic E-state index is 0.0899. The predicted octanol–water partition coefficient (Wildman–Crippen LogP) is 5.14. The molecule has 3 nitrogen and oxygen atoms in total. The second-order valence-corrected chi connectivity index (χ2v) is 5.51. The van der Waals surface area contributed by atoms with Gasteiger partial charge in [0.2, 0.25) is 0 Å². The molecule has 22 heavy (non-hydrogen) atoms. The van der Waals surface area contributed by atoms with E-state index in [0.29, 0.717) is 22.1 Å². The summed E-state index contributed by atoms with van der Waals surface area (Å²) in [6.07, 6.45) is -4.49. The van der Waals surface area contributed by atoms with Gasteiger partial charge in [0, 0.05) is 16.3 Å². The molecule has 2 aromatic carbocycles. The molecule has 3 N–H and O–H groups in total. The van der Waals surface area contributed by atoms with Gasteiger partial charge in [-0.05, 0) is 30.3 Å². The highest BCUT2D eigenvalue weighted by Gasteiger charge is 2.31. The number of H-pyrrole nitrogens is 1. The molecule has 0 spiro atoms. The molecule has 0 amide bonds. The maximum atomic E-state index is 12.8. The average Bonchev–Trinajstić information content (AvgIpc) is 2.85. The van der Waals surface area contributed by atoms with Crippen LogP contribution >= 0.6 is 23.2 Å². The number of alkyl halides is 3. The molecule has 0 fully saturated rings. The van der Waals surface area contributed by atoms with Crippen LogP contribution in [0.4, 0.5) is 18.9 Å². The van der Waals surface area contributed by atoms with Gasteiger partial charge in [-0.1, -0.05) is 23.2 Å². The monoisotopic (exact) mass is 345 g/mol. The van der Waals surface area contributed by atoms with E-state index < -0.39 is 11.7 Å². The fourth-order valence-corrected chi connectivity index (χ4v) is 2.53. The van der Waals surface area contributed by atoms with Crippen LogP contribution in [0.1, 0.15) is 5.56 Å². The van der Waals surface area contributed by atoms with Gasteiger partial charge in [0.15, 0.2) is 0 Å². The van der Waals surface area contributed by atoms with Gasteiger partial charge < -0.3 is 10.7 Å². The number of aromatic amines is 1. The third kappa shape index (κ3) is 2.60. The maximum absolute atomic E-state index is 12.8. The number of fused-ring (bicyclic) bond motifs is 1. The molecule has 3 aromatic rings. The quantitative estimate of drug-likeness (QED) is 0.600. The minimum atomic E-state index is -4.49. The smallest absolute Gasteiger partial charge is 0.398 e. The molecular weight excluding hydrogens is 338 g/mol. The van der Waals surface area contributed by atoms with Crippen molar-refractivity contribution < 1.29 is 13.2 Å². The molecule has 114 valence electrons. The number of nitrogens with one attached hydrogen (secondary N) is 1. The maximum Gasteiger partial charge on any atom is 0.416 e. The molecule has 0 aliphatic carbocycles. The zero-order valence-corrected chi connectivity index (χ0v) is 12.3. The summed E-state index contributed by atoms with van der Waals surface area (Å²) in [4.78, 5) is 7.01. The van der Waals surface area contributed by atoms with Crippen molar-refractivity contribution in [2.75, 3.05) is 5.73 Å². The summed E-state index contributed by atoms with van der Waals surface area (Å²) in [5.74, 6) is 0.302. The standard InChI is InChI=1S/C14H8Cl2F3N3/c15-7-1-2-10(20)8(5-7)13-21-11-4-6(14(17,18)19)3-9(16)12(11)22-13/h1-5H,20H2,(H,21,22). The number of nitrogens with two attached hydrogens (primary N) is 1. The second-order valence-electron chi connectivity index (χ2n) is 4.67. The summed E-state index contributed by atoms with van der Waals surface area (Å²) < 4.78 is 38.4. The van der Waals surface area contributed by atoms with Gasteiger partial charge in [-0.25, -0.2) is 4.98 Å². The fraction of sp³-hybridized carbons (Fsp3) is 0.0714. The van der Waals surface area contributed by atoms with Crippen LogP contribution in [0.25, 0.3) is 22.4 Å². The number of hydrogen-bond acceptors (Lipinski definition) is 2. The van der Waals surface area contributed by atoms with E-state index in [1.165, 1.54) is 0 Å². The number of benzene rings is 2. The number of imidazole rings is 1. The topological polar surface area (TPSA) is 54.7 Å². The molecule has 0 saturated carbocycles. The zero-order chi connectivity index (χ0) is 16.1. The Morgan fingerprint density at radius 1 is 1.09 bits per heavy atom. The summed E-state index contributed by atoms with van der Waals surface area (Å²) in [7, 11) is 0. The first-order valence-corrected chi connectivity index (χ1v) is 6.83. The number of rotatable bonds is 1. The van der Waals surface area contributed by atoms with Crippen LogP contribution < -0.4 is 5.73 Å². The van der Waals surface area contributed by atoms with Crippen LogP contribution in [0.3, 0.4) is 0 Å². The highest BCUT2D eigenvalue weighted by Crippen LogP contribution is 2.36. The van der Waals surface area contributed by atoms with Crippen LogP contribution in [0, 0.1) is 0 Å². The van der Waals surface area contributed by atoms with E-state index in [4.69, 9.17) is 28.9 Å². The Balaban J connectivity index is 2.22. The molecule has 3 rings (SSSR count). The lowest BCUT2D eigenvalue weighted by Gasteiger charge is -2.06. The molecule has 0 saturated heterocycles. The second kappa shape index (κ2) is 5.07. The lowest BCUT2D eigenvalue weighted by molar-refractivity contribution is -0.137. The van der Waals surface area contributed by atoms with E-state index in [0.717, 1.165) is 12.1 Å². The van der Waals surface area contributed by atoms with E-state index in [2.05, 4.69) is 9.97 Å². The number of aromatic nitrogens is 2. The summed E-state index contributed by atoms with van der Waals surface area (Å²) in [6, 6.07) is 6.58. The first-order chi connectivity index (χ1) is 10.3. The van der Waals surface area contributed by atoms with E-state index in [-0.39, 0.29) is 16.1 Å². The highest BCUT2D eigenvalue weighted by molar-refractivity contribution is 6.35. The van der Waals surface area contributed by atoms with Gasteiger partial charge in [0.25, 0.3) is 0 Å². The number of nitrogen functional groups attached to an aromatic ring is 1. The van der Waals surface area contributed by atoms with Crippen molar-refractivity contribution in [3.63, 3.8) is 0 Å². The molecule has 1 heterocycles. The van der Waals surface area contributed by atoms with E-state index in [1.807, 2.05) is 0 Å². The Hall–Kier alpha value is -1.92. The molecule has 1 aromatic heterocycles. The van der Waals surface area contributed by atoms with Crippen molar-refractivity contribution in [3.05, 3.63) is 45.9 Å². The third-order valence-corrected chi connectivity index (χ3v) is 3.66. The van der Waals surface area contributed by atoms with Crippen LogP contribution in [-0.2, 0) is 6.18 Å². The Bertz CT molecular complexity index is 872. The normalized spacial score (nSPS) is 12.0. The largest absolute Gasteiger partial charge is 0.416 e. The minimum Gasteiger partial charge on any atom is -0.398 e. The van der Waals surface area contributed by atoms with E-state index >= 15 is 0 Å². The molecular formula is C14H8Cl2F3N3. The SMILES string of the molecule is Nc1ccc(Cl)cc1-c1nc2c(Cl)cc(C(F)(F)F)cc2[nH]1. The molecule has 0 aliphatic heterocycles. The number of halogens is 5. The molecule has 0 aliphatic rings. The molecule has 0 radical (unpaired) electrons. The Morgan fingerprint density at radius 2 is 1.82 bits per heavy atom. The van der Waals surface area contributed by atoms with Gasteiger partial charge in [0.05, 0.1) is 16.1 Å². The van der Waals surface area contributed by atoms with Crippen molar-refractivity contribution in [3.8, 4) is 11.4 Å². The van der Waals surface area contributed by atoms with E-state index in [9.17, 15) is 13.2 Å². The van der Waals surface area contributed by atoms with Gasteiger partial charge in [-0.3, -0.25) is 0 Å². The molecule has 0 atom stereocenters. The van der Waals surface area contributed by atoms with Crippen molar-refractivity contribution in [1.82, 2.24) is 9.97 Å². The van der Waals surface area contributed by atoms with Gasteiger partial charge in [-0.2, -0.15) is 13.2 Å². The van der Waals surface area contributed by atoms with Crippen LogP contribution in [0.15, 0.2) is 30.3 Å². The molecule has 8 heteroatoms. The number of hydrogen-bond donors (Lipinski definition) is 2. The summed E-state index contributed by atoms with van der Waals surface area (Å²) in [5, 5.41) is 0.347. The van der Waals surface area contributed by atoms with Crippen molar-refractivity contribution >= 4 is 39.9 Å². The van der Waals surface area contributed by atoms with Crippen molar-refractivity contribution in [2.24, 2.45) is 0 Å². The summed E-state index contributed by atoms with van der Waals surface area (Å²) in [5.41, 5.74) is 6.31. The summed E-state index contributed by atoms with van der Waals surface area (Å²) in [6.45, 7) is 0. The molecule has 0 unspecified atom stereocenters. The van der Waals surface area contributed by atoms with Crippen LogP contribution in [-0.4, -0.2) is 9.97 Å². The Labute approximate surface area is 132 Å². The van der Waals surface area contributed by atoms with Crippen LogP contribution in [0.5, 0.6) is 0 Å². The van der Waals surface area contributed by atoms with Crippen molar-refractivity contribution in [1.29, 1.82) is 0 Å². The van der Waals surface area contributed by atoms with Gasteiger partial charge in [0.1, 0.15) is 11.3 Å². The first kappa shape index (κ1) is 15.0. The number of anilines is 1. The number of nitrogens with zero attached hydrogens (tertiary/aromatic N) is 1. The first-order valence-electron chi connectivity index (χ1n) is 6.07. The van der Waals surface area contributed by atoms with Gasteiger partial charge >= 0.3 is 6.18 Å². The van der Waals surface area contributed by atoms with Gasteiger partial charge in [-0.15, -0.1) is 0 Å². The third-order valence-electron chi connectivity index (χ3n) is 3.14. The average molecular weight is 346 g/mol. The Morgan fingerprint density at radius 3 is 2.50 bits per heavy atom.